The number of halogens is 1. The molecule has 0 fully saturated rings. The lowest BCUT2D eigenvalue weighted by Crippen LogP contribution is -2.22. The zero-order chi connectivity index (χ0) is 12.7. The summed E-state index contributed by atoms with van der Waals surface area (Å²) in [5.74, 6) is 0.943. The second kappa shape index (κ2) is 4.52. The average Bonchev–Trinajstić information content (AvgIpc) is 2.84. The number of aromatic nitrogens is 1. The summed E-state index contributed by atoms with van der Waals surface area (Å²) < 4.78 is 6.61. The van der Waals surface area contributed by atoms with Crippen LogP contribution in [-0.4, -0.2) is 11.2 Å². The van der Waals surface area contributed by atoms with Gasteiger partial charge in [-0.15, -0.1) is 0 Å². The topological polar surface area (TPSA) is 38.1 Å². The Morgan fingerprint density at radius 3 is 3.06 bits per heavy atom. The summed E-state index contributed by atoms with van der Waals surface area (Å²) in [4.78, 5) is 0. The number of benzene rings is 1. The Morgan fingerprint density at radius 1 is 1.44 bits per heavy atom. The summed E-state index contributed by atoms with van der Waals surface area (Å²) >= 11 is 3.51. The fraction of sp³-hybridized carbons (Fsp3) is 0.357. The zero-order valence-electron chi connectivity index (χ0n) is 10.5. The van der Waals surface area contributed by atoms with E-state index in [1.165, 1.54) is 16.7 Å². The van der Waals surface area contributed by atoms with Crippen LogP contribution in [0.2, 0.25) is 0 Å². The number of rotatable bonds is 3. The Hall–Kier alpha value is -1.13. The molecular formula is C14H15BrN2O. The molecule has 0 bridgehead atoms. The normalized spacial score (nSPS) is 12.9. The molecule has 1 aliphatic rings. The second-order valence-corrected chi connectivity index (χ2v) is 5.87. The molecule has 0 spiro atoms. The molecule has 3 rings (SSSR count). The van der Waals surface area contributed by atoms with Gasteiger partial charge in [0.25, 0.3) is 0 Å². The van der Waals surface area contributed by atoms with Gasteiger partial charge < -0.3 is 9.84 Å². The van der Waals surface area contributed by atoms with Gasteiger partial charge in [-0.25, -0.2) is 0 Å². The van der Waals surface area contributed by atoms with E-state index in [-0.39, 0.29) is 0 Å². The lowest BCUT2D eigenvalue weighted by molar-refractivity contribution is 0.417. The predicted octanol–water partition coefficient (Wildman–Crippen LogP) is 3.51. The molecule has 1 N–H and O–H groups in total. The molecule has 18 heavy (non-hydrogen) atoms. The Morgan fingerprint density at radius 2 is 2.28 bits per heavy atom. The third kappa shape index (κ3) is 1.99. The van der Waals surface area contributed by atoms with Crippen molar-refractivity contribution in [2.75, 3.05) is 0 Å². The van der Waals surface area contributed by atoms with Gasteiger partial charge in [-0.3, -0.25) is 0 Å². The summed E-state index contributed by atoms with van der Waals surface area (Å²) in [5.41, 5.74) is 4.75. The molecule has 0 aliphatic heterocycles. The molecule has 3 nitrogen and oxygen atoms in total. The van der Waals surface area contributed by atoms with Crippen molar-refractivity contribution < 1.29 is 4.52 Å². The molecule has 0 saturated carbocycles. The fourth-order valence-electron chi connectivity index (χ4n) is 2.30. The molecule has 0 unspecified atom stereocenters. The quantitative estimate of drug-likeness (QED) is 0.805. The molecule has 1 heterocycles. The van der Waals surface area contributed by atoms with Crippen LogP contribution in [0.4, 0.5) is 0 Å². The zero-order valence-corrected chi connectivity index (χ0v) is 12.0. The van der Waals surface area contributed by atoms with Gasteiger partial charge in [0.2, 0.25) is 0 Å². The van der Waals surface area contributed by atoms with E-state index in [2.05, 4.69) is 52.4 Å². The minimum Gasteiger partial charge on any atom is -0.356 e. The van der Waals surface area contributed by atoms with E-state index in [0.717, 1.165) is 28.9 Å². The average molecular weight is 307 g/mol. The highest BCUT2D eigenvalue weighted by Gasteiger charge is 2.26. The standard InChI is InChI=1S/C14H15BrN2O/c1-8(2)16-7-13-12-6-9-5-10(15)3-4-11(9)14(12)18-17-13/h3-5,8,16H,6-7H2,1-2H3. The maximum Gasteiger partial charge on any atom is 0.170 e. The van der Waals surface area contributed by atoms with Crippen LogP contribution in [0.25, 0.3) is 11.3 Å². The molecule has 0 amide bonds. The first-order valence-electron chi connectivity index (χ1n) is 6.14. The van der Waals surface area contributed by atoms with E-state index < -0.39 is 0 Å². The van der Waals surface area contributed by atoms with Crippen molar-refractivity contribution in [2.24, 2.45) is 0 Å². The van der Waals surface area contributed by atoms with Crippen molar-refractivity contribution in [1.29, 1.82) is 0 Å². The first-order chi connectivity index (χ1) is 8.65. The first-order valence-corrected chi connectivity index (χ1v) is 6.94. The van der Waals surface area contributed by atoms with Crippen LogP contribution in [0.1, 0.15) is 30.7 Å². The van der Waals surface area contributed by atoms with Crippen LogP contribution in [-0.2, 0) is 13.0 Å². The van der Waals surface area contributed by atoms with Crippen LogP contribution < -0.4 is 5.32 Å². The number of hydrogen-bond donors (Lipinski definition) is 1. The molecule has 4 heteroatoms. The molecule has 1 aliphatic carbocycles. The fourth-order valence-corrected chi connectivity index (χ4v) is 2.70. The number of nitrogens with zero attached hydrogens (tertiary/aromatic N) is 1. The smallest absolute Gasteiger partial charge is 0.170 e. The lowest BCUT2D eigenvalue weighted by atomic mass is 10.1. The van der Waals surface area contributed by atoms with E-state index in [0.29, 0.717) is 6.04 Å². The first kappa shape index (κ1) is 11.9. The molecule has 2 aromatic rings. The second-order valence-electron chi connectivity index (χ2n) is 4.95. The van der Waals surface area contributed by atoms with Gasteiger partial charge in [0, 0.05) is 34.6 Å². The highest BCUT2D eigenvalue weighted by Crippen LogP contribution is 2.39. The minimum absolute atomic E-state index is 0.454. The lowest BCUT2D eigenvalue weighted by Gasteiger charge is -2.05. The third-order valence-electron chi connectivity index (χ3n) is 3.23. The molecule has 0 saturated heterocycles. The van der Waals surface area contributed by atoms with Crippen molar-refractivity contribution in [1.82, 2.24) is 10.5 Å². The van der Waals surface area contributed by atoms with E-state index >= 15 is 0 Å². The van der Waals surface area contributed by atoms with Crippen LogP contribution >= 0.6 is 15.9 Å². The molecule has 0 radical (unpaired) electrons. The van der Waals surface area contributed by atoms with Crippen LogP contribution in [0.3, 0.4) is 0 Å². The van der Waals surface area contributed by atoms with E-state index in [4.69, 9.17) is 4.52 Å². The van der Waals surface area contributed by atoms with Crippen molar-refractivity contribution in [3.63, 3.8) is 0 Å². The highest BCUT2D eigenvalue weighted by atomic mass is 79.9. The van der Waals surface area contributed by atoms with E-state index in [1.54, 1.807) is 0 Å². The minimum atomic E-state index is 0.454. The summed E-state index contributed by atoms with van der Waals surface area (Å²) in [6.07, 6.45) is 0.919. The maximum atomic E-state index is 5.50. The van der Waals surface area contributed by atoms with Gasteiger partial charge >= 0.3 is 0 Å². The molecule has 0 atom stereocenters. The Bertz CT molecular complexity index is 589. The summed E-state index contributed by atoms with van der Waals surface area (Å²) in [5, 5.41) is 7.57. The summed E-state index contributed by atoms with van der Waals surface area (Å²) in [7, 11) is 0. The molecular weight excluding hydrogens is 292 g/mol. The van der Waals surface area contributed by atoms with Crippen LogP contribution in [0.15, 0.2) is 27.2 Å². The van der Waals surface area contributed by atoms with Crippen molar-refractivity contribution in [2.45, 2.75) is 32.9 Å². The number of hydrogen-bond acceptors (Lipinski definition) is 3. The predicted molar refractivity (Wildman–Crippen MR) is 74.4 cm³/mol. The summed E-state index contributed by atoms with van der Waals surface area (Å²) in [6, 6.07) is 6.75. The highest BCUT2D eigenvalue weighted by molar-refractivity contribution is 9.10. The monoisotopic (exact) mass is 306 g/mol. The largest absolute Gasteiger partial charge is 0.356 e. The Balaban J connectivity index is 1.92. The summed E-state index contributed by atoms with van der Waals surface area (Å²) in [6.45, 7) is 5.03. The number of fused-ring (bicyclic) bond motifs is 3. The van der Waals surface area contributed by atoms with E-state index in [9.17, 15) is 0 Å². The van der Waals surface area contributed by atoms with Crippen LogP contribution in [0.5, 0.6) is 0 Å². The molecule has 1 aromatic carbocycles. The van der Waals surface area contributed by atoms with Crippen molar-refractivity contribution in [3.05, 3.63) is 39.5 Å². The maximum absolute atomic E-state index is 5.50. The van der Waals surface area contributed by atoms with Gasteiger partial charge in [-0.1, -0.05) is 34.9 Å². The van der Waals surface area contributed by atoms with Crippen molar-refractivity contribution in [3.8, 4) is 11.3 Å². The molecule has 1 aromatic heterocycles. The SMILES string of the molecule is CC(C)NCc1noc2c1Cc1cc(Br)ccc1-2. The van der Waals surface area contributed by atoms with Gasteiger partial charge in [0.15, 0.2) is 5.76 Å². The molecule has 94 valence electrons. The number of nitrogens with one attached hydrogen (secondary N) is 1. The van der Waals surface area contributed by atoms with Gasteiger partial charge in [0.05, 0.1) is 0 Å². The Kier molecular flexibility index (Phi) is 2.99. The van der Waals surface area contributed by atoms with Crippen LogP contribution in [0, 0.1) is 0 Å². The Labute approximate surface area is 115 Å². The van der Waals surface area contributed by atoms with Gasteiger partial charge in [-0.05, 0) is 23.8 Å². The van der Waals surface area contributed by atoms with E-state index in [1.807, 2.05) is 6.07 Å². The van der Waals surface area contributed by atoms with Crippen molar-refractivity contribution >= 4 is 15.9 Å². The third-order valence-corrected chi connectivity index (χ3v) is 3.72. The van der Waals surface area contributed by atoms with Gasteiger partial charge in [-0.2, -0.15) is 0 Å². The van der Waals surface area contributed by atoms with Gasteiger partial charge in [0.1, 0.15) is 5.69 Å².